The molecule has 10 heteroatoms. The number of rotatable bonds is 6. The predicted molar refractivity (Wildman–Crippen MR) is 481 cm³/mol. The fraction of sp³-hybridized carbons (Fsp3) is 0.234. The smallest absolute Gasteiger partial charge is 0.256 e. The largest absolute Gasteiger partial charge is 0.449 e. The number of aromatic nitrogens is 6. The van der Waals surface area contributed by atoms with Crippen LogP contribution in [0.3, 0.4) is 0 Å². The van der Waals surface area contributed by atoms with Gasteiger partial charge in [-0.2, -0.15) is 18.3 Å². The van der Waals surface area contributed by atoms with Crippen LogP contribution >= 0.6 is 0 Å². The zero-order valence-corrected chi connectivity index (χ0v) is 67.6. The van der Waals surface area contributed by atoms with E-state index in [2.05, 4.69) is 171 Å². The van der Waals surface area contributed by atoms with Gasteiger partial charge in [0.2, 0.25) is 22.3 Å². The molecule has 0 N–H and O–H groups in total. The average Bonchev–Trinajstić information content (AvgIpc) is 1.58. The van der Waals surface area contributed by atoms with Crippen molar-refractivity contribution in [2.75, 3.05) is 0 Å². The normalized spacial score (nSPS) is 16.7. The van der Waals surface area contributed by atoms with Crippen LogP contribution in [-0.2, 0) is 28.2 Å². The number of fused-ring (bicyclic) bond motifs is 16. The van der Waals surface area contributed by atoms with Gasteiger partial charge in [-0.15, -0.1) is 0 Å². The van der Waals surface area contributed by atoms with Gasteiger partial charge in [0, 0.05) is 97.9 Å². The number of para-hydroxylation sites is 1. The standard InChI is InChI=1S/C33H36NO.C30H30NO.2C22H17N2O/c1-20-7-10-27(21(2)15-20)31-32-30(22(3)19-34(31)6)28-17-26-16-24(8-9-25(26)18-29(28)35-32)23-11-13-33(4,5)14-12-23;1-18-9-12-25(19(2)13-18)29-30-28(20(3)17-31(29)4)26-15-24-14-22(21-7-5-6-8-21)10-11-23(24)16-27(26)32-30;1-14-7-3-5-9-16(14)21-22-17(11-12-24(21)2)20-19(25-22)13-15-8-4-6-10-18(15)23-20;1-14-5-3-4-6-17(14)21-22-18(8-10-24(21)2)19-11-16-13-23-9-7-15(16)12-20(19)25-22/h7-10,15-19,23H,11-14H2,1-6H3;9-17,21H,5-8H2,1-4H3;2*3-13H,1-2H3/q4*+1/i1D3,3D3,23D;1D3,3D3,21D;;. The fourth-order valence-electron chi connectivity index (χ4n) is 18.2. The lowest BCUT2D eigenvalue weighted by atomic mass is 9.71. The van der Waals surface area contributed by atoms with Crippen molar-refractivity contribution in [2.45, 2.75) is 132 Å². The van der Waals surface area contributed by atoms with Crippen LogP contribution in [0.2, 0.25) is 0 Å². The van der Waals surface area contributed by atoms with E-state index in [-0.39, 0.29) is 27.7 Å². The summed E-state index contributed by atoms with van der Waals surface area (Å²) in [5.74, 6) is -1.22. The number of benzene rings is 10. The maximum absolute atomic E-state index is 9.28. The van der Waals surface area contributed by atoms with Crippen LogP contribution in [0.4, 0.5) is 0 Å². The maximum atomic E-state index is 9.28. The Bertz CT molecular complexity index is 7850. The molecule has 0 atom stereocenters. The molecule has 0 unspecified atom stereocenters. The van der Waals surface area contributed by atoms with E-state index in [0.29, 0.717) is 55.3 Å². The first kappa shape index (κ1) is 59.9. The minimum Gasteiger partial charge on any atom is -0.449 e. The molecule has 22 rings (SSSR count). The Morgan fingerprint density at radius 3 is 1.38 bits per heavy atom. The van der Waals surface area contributed by atoms with E-state index in [9.17, 15) is 1.37 Å². The second-order valence-electron chi connectivity index (χ2n) is 33.0. The molecule has 0 radical (unpaired) electrons. The highest BCUT2D eigenvalue weighted by atomic mass is 16.3. The van der Waals surface area contributed by atoms with E-state index >= 15 is 0 Å². The summed E-state index contributed by atoms with van der Waals surface area (Å²) >= 11 is 0. The number of nitrogens with zero attached hydrogens (tertiary/aromatic N) is 6. The highest BCUT2D eigenvalue weighted by Gasteiger charge is 2.32. The quantitative estimate of drug-likeness (QED) is 0.154. The highest BCUT2D eigenvalue weighted by Crippen LogP contribution is 2.47. The molecule has 2 aliphatic carbocycles. The number of hydrogen-bond acceptors (Lipinski definition) is 6. The molecule has 0 spiro atoms. The van der Waals surface area contributed by atoms with Gasteiger partial charge in [-0.05, 0) is 250 Å². The summed E-state index contributed by atoms with van der Waals surface area (Å²) in [4.78, 5) is 9.09. The molecule has 578 valence electrons. The molecule has 2 aliphatic rings. The Morgan fingerprint density at radius 1 is 0.376 bits per heavy atom. The third kappa shape index (κ3) is 13.5. The summed E-state index contributed by atoms with van der Waals surface area (Å²) in [7, 11) is 7.69. The van der Waals surface area contributed by atoms with Gasteiger partial charge >= 0.3 is 0 Å². The maximum Gasteiger partial charge on any atom is 0.256 e. The first-order chi connectivity index (χ1) is 62.2. The molecule has 117 heavy (non-hydrogen) atoms. The van der Waals surface area contributed by atoms with Gasteiger partial charge in [0.25, 0.3) is 22.8 Å². The molecule has 2 fully saturated rings. The van der Waals surface area contributed by atoms with Gasteiger partial charge in [0.15, 0.2) is 30.4 Å². The summed E-state index contributed by atoms with van der Waals surface area (Å²) in [5, 5.41) is 13.0. The van der Waals surface area contributed by atoms with Crippen molar-refractivity contribution in [3.05, 3.63) is 299 Å². The Balaban J connectivity index is 0.000000116. The van der Waals surface area contributed by atoms with Gasteiger partial charge in [-0.1, -0.05) is 153 Å². The number of pyridine rings is 6. The summed E-state index contributed by atoms with van der Waals surface area (Å²) in [6.07, 6.45) is 18.6. The van der Waals surface area contributed by atoms with Crippen molar-refractivity contribution in [3.63, 3.8) is 0 Å². The highest BCUT2D eigenvalue weighted by molar-refractivity contribution is 6.16. The Morgan fingerprint density at radius 2 is 0.838 bits per heavy atom. The summed E-state index contributed by atoms with van der Waals surface area (Å²) in [5.41, 5.74) is 22.1. The molecule has 0 amide bonds. The Kier molecular flexibility index (Phi) is 15.1. The van der Waals surface area contributed by atoms with Crippen molar-refractivity contribution in [1.29, 1.82) is 0 Å². The zero-order chi connectivity index (χ0) is 92.2. The first-order valence-electron chi connectivity index (χ1n) is 47.4. The number of furan rings is 4. The van der Waals surface area contributed by atoms with Crippen molar-refractivity contribution in [3.8, 4) is 45.0 Å². The molecule has 10 aromatic carbocycles. The summed E-state index contributed by atoms with van der Waals surface area (Å²) < 4.78 is 148. The van der Waals surface area contributed by atoms with Crippen LogP contribution in [-0.4, -0.2) is 9.97 Å². The molecule has 2 saturated carbocycles. The van der Waals surface area contributed by atoms with Gasteiger partial charge in [-0.3, -0.25) is 4.98 Å². The lowest BCUT2D eigenvalue weighted by molar-refractivity contribution is -0.659. The zero-order valence-electron chi connectivity index (χ0n) is 81.6. The Hall–Kier alpha value is -12.7. The van der Waals surface area contributed by atoms with Crippen LogP contribution in [0.25, 0.3) is 176 Å². The van der Waals surface area contributed by atoms with Crippen LogP contribution in [0.5, 0.6) is 0 Å². The van der Waals surface area contributed by atoms with Crippen LogP contribution in [0.1, 0.15) is 152 Å². The van der Waals surface area contributed by atoms with Gasteiger partial charge < -0.3 is 17.7 Å². The SMILES string of the molecule is Cc1ccccc1-c1c2oc3cc4ccccc4nc3c2cc[n+]1C.Cc1ccccc1-c1c2oc3cc4ccncc4cc3c2cc[n+]1C.[2H]C([2H])([2H])c1ccc(-c2c3oc4cc5ccc(C6([2H])CCC(C)(C)CC6)cc5cc4c3c(C([2H])([2H])[2H])c[n+]2C)c(C)c1.[2H]C([2H])([2H])c1ccc(-c2c3oc4cc5ccc(C6([2H])CCCC6)cc5cc4c3c(C([2H])([2H])[2H])c[n+]2C)c(C)c1. The summed E-state index contributed by atoms with van der Waals surface area (Å²) in [6.45, 7) is 3.31. The Labute approximate surface area is 702 Å². The topological polar surface area (TPSA) is 93.9 Å². The number of hydrogen-bond donors (Lipinski definition) is 0. The second kappa shape index (κ2) is 29.6. The molecular weight excluding hydrogens is 1430 g/mol. The predicted octanol–water partition coefficient (Wildman–Crippen LogP) is 26.5. The summed E-state index contributed by atoms with van der Waals surface area (Å²) in [6, 6.07) is 67.8. The minimum absolute atomic E-state index is 0.196. The van der Waals surface area contributed by atoms with Crippen molar-refractivity contribution in [2.24, 2.45) is 33.6 Å². The van der Waals surface area contributed by atoms with Gasteiger partial charge in [0.1, 0.15) is 50.5 Å². The van der Waals surface area contributed by atoms with E-state index in [1.807, 2.05) is 93.0 Å². The third-order valence-corrected chi connectivity index (χ3v) is 24.6. The van der Waals surface area contributed by atoms with E-state index < -0.39 is 39.2 Å². The van der Waals surface area contributed by atoms with Crippen LogP contribution < -0.4 is 18.3 Å². The first-order valence-corrected chi connectivity index (χ1v) is 40.4. The average molecular weight is 1550 g/mol. The van der Waals surface area contributed by atoms with E-state index in [0.717, 1.165) is 183 Å². The molecule has 10 aromatic heterocycles. The molecule has 20 aromatic rings. The van der Waals surface area contributed by atoms with Gasteiger partial charge in [0.05, 0.1) is 33.2 Å². The molecule has 0 aliphatic heterocycles. The lowest BCUT2D eigenvalue weighted by Crippen LogP contribution is -2.31. The van der Waals surface area contributed by atoms with Crippen molar-refractivity contribution >= 4 is 131 Å². The van der Waals surface area contributed by atoms with Gasteiger partial charge in [-0.25, -0.2) is 4.98 Å². The molecule has 0 bridgehead atoms. The molecule has 0 saturated heterocycles. The van der Waals surface area contributed by atoms with Crippen LogP contribution in [0.15, 0.2) is 261 Å². The molecular formula is C107H100N6O4+4. The monoisotopic (exact) mass is 1550 g/mol. The molecule has 10 heterocycles. The van der Waals surface area contributed by atoms with E-state index in [1.165, 1.54) is 22.3 Å². The number of aryl methyl sites for hydroxylation is 12. The molecule has 10 nitrogen and oxygen atoms in total. The third-order valence-electron chi connectivity index (χ3n) is 24.6. The lowest BCUT2D eigenvalue weighted by Gasteiger charge is -2.34. The minimum atomic E-state index is -2.39. The van der Waals surface area contributed by atoms with E-state index in [1.54, 1.807) is 72.0 Å². The van der Waals surface area contributed by atoms with E-state index in [4.69, 9.17) is 40.5 Å². The van der Waals surface area contributed by atoms with Crippen LogP contribution in [0, 0.1) is 60.5 Å². The second-order valence-corrected chi connectivity index (χ2v) is 33.0. The van der Waals surface area contributed by atoms with Crippen molar-refractivity contribution < 1.29 is 55.1 Å². The fourth-order valence-corrected chi connectivity index (χ4v) is 18.2. The van der Waals surface area contributed by atoms with Crippen molar-refractivity contribution in [1.82, 2.24) is 9.97 Å².